The Hall–Kier alpha value is -4.59. The first-order valence-corrected chi connectivity index (χ1v) is 18.3. The summed E-state index contributed by atoms with van der Waals surface area (Å²) >= 11 is 0. The molecule has 0 radical (unpaired) electrons. The minimum atomic E-state index is -2.27. The third-order valence-corrected chi connectivity index (χ3v) is 9.90. The van der Waals surface area contributed by atoms with E-state index in [0.717, 1.165) is 25.9 Å². The molecule has 0 saturated carbocycles. The predicted octanol–water partition coefficient (Wildman–Crippen LogP) is 1.18. The lowest BCUT2D eigenvalue weighted by Crippen LogP contribution is -2.44. The van der Waals surface area contributed by atoms with E-state index in [2.05, 4.69) is 82.9 Å². The molecule has 55 heavy (non-hydrogen) atoms. The summed E-state index contributed by atoms with van der Waals surface area (Å²) < 4.78 is 13.0. The number of benzene rings is 2. The second kappa shape index (κ2) is 19.3. The van der Waals surface area contributed by atoms with Crippen LogP contribution < -0.4 is 10.6 Å². The number of imidazole rings is 1. The monoisotopic (exact) mass is 765 g/mol. The number of carbonyl (C=O) groups is 2. The minimum absolute atomic E-state index is 0.0807. The number of nitrogens with zero attached hydrogens (tertiary/aromatic N) is 5. The van der Waals surface area contributed by atoms with E-state index in [1.807, 2.05) is 12.1 Å². The molecule has 2 aromatic carbocycles. The number of carboxylic acid groups (broad SMARTS) is 2. The molecule has 2 aliphatic heterocycles. The van der Waals surface area contributed by atoms with Crippen molar-refractivity contribution >= 4 is 28.9 Å². The van der Waals surface area contributed by atoms with Crippen molar-refractivity contribution in [2.75, 3.05) is 38.7 Å². The van der Waals surface area contributed by atoms with E-state index in [9.17, 15) is 19.8 Å². The zero-order valence-electron chi connectivity index (χ0n) is 31.0. The number of fused-ring (bicyclic) bond motifs is 1. The predicted molar refractivity (Wildman–Crippen MR) is 200 cm³/mol. The van der Waals surface area contributed by atoms with Gasteiger partial charge in [-0.15, -0.1) is 0 Å². The maximum atomic E-state index is 10.9. The highest BCUT2D eigenvalue weighted by Gasteiger charge is 2.44. The van der Waals surface area contributed by atoms with Gasteiger partial charge in [-0.3, -0.25) is 4.57 Å². The summed E-state index contributed by atoms with van der Waals surface area (Å²) in [5.41, 5.74) is 3.50. The number of aliphatic carboxylic acids is 2. The van der Waals surface area contributed by atoms with Crippen molar-refractivity contribution in [1.29, 1.82) is 0 Å². The largest absolute Gasteiger partial charge is 0.479 e. The van der Waals surface area contributed by atoms with Gasteiger partial charge in [-0.25, -0.2) is 24.5 Å². The van der Waals surface area contributed by atoms with Gasteiger partial charge in [0.05, 0.1) is 19.5 Å². The number of aliphatic hydroxyl groups excluding tert-OH is 4. The first-order valence-electron chi connectivity index (χ1n) is 18.3. The summed E-state index contributed by atoms with van der Waals surface area (Å²) in [4.78, 5) is 36.6. The Morgan fingerprint density at radius 1 is 0.909 bits per heavy atom. The third-order valence-electron chi connectivity index (χ3n) is 9.90. The molecule has 17 nitrogen and oxygen atoms in total. The molecule has 6 rings (SSSR count). The van der Waals surface area contributed by atoms with Crippen LogP contribution in [0, 0.1) is 0 Å². The van der Waals surface area contributed by atoms with Gasteiger partial charge in [-0.1, -0.05) is 60.7 Å². The van der Waals surface area contributed by atoms with Crippen LogP contribution in [0.1, 0.15) is 55.8 Å². The van der Waals surface area contributed by atoms with Gasteiger partial charge in [0.2, 0.25) is 0 Å². The minimum Gasteiger partial charge on any atom is -0.479 e. The van der Waals surface area contributed by atoms with Crippen LogP contribution in [-0.4, -0.2) is 143 Å². The van der Waals surface area contributed by atoms with E-state index >= 15 is 0 Å². The summed E-state index contributed by atoms with van der Waals surface area (Å²) in [7, 11) is 1.54. The molecule has 0 spiro atoms. The number of aromatic nitrogens is 4. The smallest absolute Gasteiger partial charge is 0.335 e. The number of rotatable bonds is 15. The molecule has 8 N–H and O–H groups in total. The molecular weight excluding hydrogens is 714 g/mol. The summed E-state index contributed by atoms with van der Waals surface area (Å²) in [6.07, 6.45) is -4.58. The van der Waals surface area contributed by atoms with Crippen molar-refractivity contribution in [2.24, 2.45) is 0 Å². The van der Waals surface area contributed by atoms with E-state index in [0.29, 0.717) is 48.0 Å². The quantitative estimate of drug-likeness (QED) is 0.0847. The Bertz CT molecular complexity index is 1770. The van der Waals surface area contributed by atoms with Gasteiger partial charge >= 0.3 is 11.9 Å². The molecule has 0 bridgehead atoms. The van der Waals surface area contributed by atoms with Crippen LogP contribution >= 0.6 is 0 Å². The van der Waals surface area contributed by atoms with E-state index in [4.69, 9.17) is 39.9 Å². The van der Waals surface area contributed by atoms with Crippen molar-refractivity contribution in [3.8, 4) is 0 Å². The Balaban J connectivity index is 0.000000511. The Morgan fingerprint density at radius 2 is 1.49 bits per heavy atom. The Labute approximate surface area is 318 Å². The van der Waals surface area contributed by atoms with Crippen LogP contribution in [0.25, 0.3) is 11.2 Å². The summed E-state index contributed by atoms with van der Waals surface area (Å²) in [6, 6.07) is 21.8. The number of hydrogen-bond acceptors (Lipinski definition) is 14. The highest BCUT2D eigenvalue weighted by molar-refractivity contribution is 5.83. The molecule has 17 heteroatoms. The molecular formula is C38H51N7O10. The van der Waals surface area contributed by atoms with Crippen molar-refractivity contribution in [3.63, 3.8) is 0 Å². The van der Waals surface area contributed by atoms with Crippen LogP contribution in [0.2, 0.25) is 0 Å². The fourth-order valence-corrected chi connectivity index (χ4v) is 6.73. The number of methoxy groups -OCH3 is 1. The first kappa shape index (κ1) is 41.6. The highest BCUT2D eigenvalue weighted by Crippen LogP contribution is 2.33. The van der Waals surface area contributed by atoms with Crippen molar-refractivity contribution < 1.29 is 49.7 Å². The standard InChI is InChI=1S/C34H45N7O4.C4H6O6/c1-22(2)40-16-14-25(15-17-40)35-19-28-38-32(36-18-26(23-10-6-4-7-11-23)24-12-8-5-9-13-24)29-33(39-28)41(21-37-29)34-31(43)30(42)27(45-34)20-44-3;5-1(3(7)8)2(6)4(9)10/h4-13,21-22,25-27,30-31,34-35,42-43H,14-20H2,1-3H3,(H,36,38,39);1-2,5-6H,(H,7,8)(H,9,10)/t27-,30-,31-,34-;1-,2-/m10/s1. The molecule has 0 aliphatic carbocycles. The molecule has 2 aromatic heterocycles. The number of anilines is 1. The molecule has 4 heterocycles. The fraction of sp³-hybridized carbons (Fsp3) is 0.500. The molecule has 298 valence electrons. The van der Waals surface area contributed by atoms with Crippen LogP contribution in [0.3, 0.4) is 0 Å². The van der Waals surface area contributed by atoms with E-state index < -0.39 is 48.7 Å². The van der Waals surface area contributed by atoms with Gasteiger partial charge < -0.3 is 55.6 Å². The number of ether oxygens (including phenoxy) is 2. The number of carboxylic acids is 2. The van der Waals surface area contributed by atoms with Crippen LogP contribution in [0.4, 0.5) is 5.82 Å². The molecule has 2 fully saturated rings. The van der Waals surface area contributed by atoms with Gasteiger partial charge in [-0.05, 0) is 50.9 Å². The van der Waals surface area contributed by atoms with Gasteiger partial charge in [0.25, 0.3) is 0 Å². The molecule has 4 aromatic rings. The van der Waals surface area contributed by atoms with Crippen molar-refractivity contribution in [2.45, 2.75) is 88.0 Å². The van der Waals surface area contributed by atoms with Crippen molar-refractivity contribution in [3.05, 3.63) is 83.9 Å². The second-order valence-electron chi connectivity index (χ2n) is 13.9. The lowest BCUT2D eigenvalue weighted by Gasteiger charge is -2.34. The average molecular weight is 766 g/mol. The maximum absolute atomic E-state index is 10.9. The lowest BCUT2D eigenvalue weighted by atomic mass is 9.91. The van der Waals surface area contributed by atoms with Gasteiger partial charge in [0.1, 0.15) is 24.1 Å². The molecule has 2 saturated heterocycles. The molecule has 6 atom stereocenters. The van der Waals surface area contributed by atoms with Crippen LogP contribution in [-0.2, 0) is 25.6 Å². The van der Waals surface area contributed by atoms with Gasteiger partial charge in [-0.2, -0.15) is 0 Å². The number of hydrogen-bond donors (Lipinski definition) is 8. The average Bonchev–Trinajstić information content (AvgIpc) is 3.74. The summed E-state index contributed by atoms with van der Waals surface area (Å²) in [6.45, 7) is 7.87. The molecule has 0 amide bonds. The maximum Gasteiger partial charge on any atom is 0.335 e. The van der Waals surface area contributed by atoms with E-state index in [-0.39, 0.29) is 12.5 Å². The highest BCUT2D eigenvalue weighted by atomic mass is 16.6. The molecule has 2 aliphatic rings. The van der Waals surface area contributed by atoms with E-state index in [1.165, 1.54) is 18.2 Å². The zero-order chi connectivity index (χ0) is 39.6. The van der Waals surface area contributed by atoms with E-state index in [1.54, 1.807) is 10.9 Å². The van der Waals surface area contributed by atoms with Gasteiger partial charge in [0, 0.05) is 31.7 Å². The number of nitrogens with one attached hydrogen (secondary N) is 2. The second-order valence-corrected chi connectivity index (χ2v) is 13.9. The summed E-state index contributed by atoms with van der Waals surface area (Å²) in [5, 5.41) is 61.4. The number of aliphatic hydroxyl groups is 4. The van der Waals surface area contributed by atoms with Crippen molar-refractivity contribution in [1.82, 2.24) is 29.7 Å². The molecule has 0 unspecified atom stereocenters. The fourth-order valence-electron chi connectivity index (χ4n) is 6.73. The third kappa shape index (κ3) is 10.4. The van der Waals surface area contributed by atoms with Gasteiger partial charge in [0.15, 0.2) is 35.4 Å². The van der Waals surface area contributed by atoms with Crippen LogP contribution in [0.5, 0.6) is 0 Å². The van der Waals surface area contributed by atoms with Crippen LogP contribution in [0.15, 0.2) is 67.0 Å². The first-order chi connectivity index (χ1) is 26.4. The zero-order valence-corrected chi connectivity index (χ0v) is 31.0. The topological polar surface area (TPSA) is 245 Å². The SMILES string of the molecule is COC[C@H]1O[C@@H](n2cnc3c(NCC(c4ccccc4)c4ccccc4)nc(CNC4CCN(C(C)C)CC4)nc32)[C@H](O)[C@@H]1O.O=C(O)[C@@H](O)[C@H](O)C(=O)O. The Morgan fingerprint density at radius 3 is 2.02 bits per heavy atom. The normalized spacial score (nSPS) is 21.7. The summed E-state index contributed by atoms with van der Waals surface area (Å²) in [5.74, 6) is -2.22. The number of piperidine rings is 1. The lowest BCUT2D eigenvalue weighted by molar-refractivity contribution is -0.165. The number of likely N-dealkylation sites (tertiary alicyclic amines) is 1. The Kier molecular flexibility index (Phi) is 14.6.